The Bertz CT molecular complexity index is 2400. The van der Waals surface area contributed by atoms with Gasteiger partial charge in [0.25, 0.3) is 0 Å². The Balaban J connectivity index is 0.919. The fraction of sp³-hybridized carbons (Fsp3) is 0.431. The molecule has 8 rings (SSSR count). The third-order valence-corrected chi connectivity index (χ3v) is 13.8. The number of ether oxygens (including phenoxy) is 3. The van der Waals surface area contributed by atoms with Gasteiger partial charge in [0.15, 0.2) is 0 Å². The van der Waals surface area contributed by atoms with Crippen molar-refractivity contribution in [2.45, 2.75) is 101 Å². The molecule has 12 heteroatoms. The van der Waals surface area contributed by atoms with Gasteiger partial charge in [-0.3, -0.25) is 9.78 Å². The first-order valence-electron chi connectivity index (χ1n) is 22.4. The van der Waals surface area contributed by atoms with Gasteiger partial charge in [0.1, 0.15) is 17.0 Å². The molecule has 3 aliphatic carbocycles. The number of carbonyl (C=O) groups is 2. The van der Waals surface area contributed by atoms with Crippen molar-refractivity contribution in [2.24, 2.45) is 11.8 Å². The Morgan fingerprint density at radius 2 is 1.76 bits per heavy atom. The van der Waals surface area contributed by atoms with Crippen molar-refractivity contribution in [3.8, 4) is 28.6 Å². The molecule has 11 nitrogen and oxygen atoms in total. The van der Waals surface area contributed by atoms with Gasteiger partial charge >= 0.3 is 12.0 Å². The summed E-state index contributed by atoms with van der Waals surface area (Å²) in [5.74, 6) is 1.88. The second kappa shape index (κ2) is 19.4. The predicted molar refractivity (Wildman–Crippen MR) is 245 cm³/mol. The van der Waals surface area contributed by atoms with Crippen LogP contribution in [0, 0.1) is 11.8 Å². The van der Waals surface area contributed by atoms with Crippen molar-refractivity contribution in [2.75, 3.05) is 32.2 Å². The summed E-state index contributed by atoms with van der Waals surface area (Å²) in [6, 6.07) is 23.9. The van der Waals surface area contributed by atoms with E-state index < -0.39 is 11.5 Å². The zero-order chi connectivity index (χ0) is 44.0. The molecule has 3 N–H and O–H groups in total. The number of aryl methyl sites for hydroxylation is 1. The molecule has 2 aromatic heterocycles. The van der Waals surface area contributed by atoms with Crippen LogP contribution in [-0.4, -0.2) is 64.3 Å². The molecule has 3 aliphatic rings. The molecule has 3 aromatic carbocycles. The maximum absolute atomic E-state index is 13.1. The monoisotopic (exact) mass is 871 g/mol. The second-order valence-corrected chi connectivity index (χ2v) is 18.3. The number of anilines is 1. The smallest absolute Gasteiger partial charge is 0.329 e. The van der Waals surface area contributed by atoms with Crippen LogP contribution in [0.3, 0.4) is 0 Å². The van der Waals surface area contributed by atoms with Crippen molar-refractivity contribution >= 4 is 29.2 Å². The topological polar surface area (TPSA) is 145 Å². The molecule has 1 amide bonds. The van der Waals surface area contributed by atoms with Crippen molar-refractivity contribution in [3.63, 3.8) is 0 Å². The largest absolute Gasteiger partial charge is 0.494 e. The molecular formula is C51H58ClN5O6. The average Bonchev–Trinajstić information content (AvgIpc) is 3.57. The number of hydrogen-bond acceptors (Lipinski definition) is 9. The number of rotatable bonds is 17. The quantitative estimate of drug-likeness (QED) is 0.0773. The molecule has 3 atom stereocenters. The van der Waals surface area contributed by atoms with Crippen LogP contribution in [0.2, 0.25) is 5.02 Å². The maximum Gasteiger partial charge on any atom is 0.329 e. The lowest BCUT2D eigenvalue weighted by atomic mass is 9.59. The number of carbonyl (C=O) groups excluding carboxylic acids is 1. The van der Waals surface area contributed by atoms with Crippen molar-refractivity contribution in [1.82, 2.24) is 20.3 Å². The summed E-state index contributed by atoms with van der Waals surface area (Å²) in [7, 11) is 1.53. The maximum atomic E-state index is 13.1. The fourth-order valence-electron chi connectivity index (χ4n) is 10.3. The van der Waals surface area contributed by atoms with Gasteiger partial charge in [0, 0.05) is 52.7 Å². The summed E-state index contributed by atoms with van der Waals surface area (Å²) < 4.78 is 18.0. The minimum Gasteiger partial charge on any atom is -0.494 e. The van der Waals surface area contributed by atoms with Crippen LogP contribution >= 0.6 is 11.6 Å². The van der Waals surface area contributed by atoms with Gasteiger partial charge in [-0.2, -0.15) is 0 Å². The van der Waals surface area contributed by atoms with Gasteiger partial charge in [-0.05, 0) is 146 Å². The number of halogens is 1. The number of carboxylic acids is 1. The van der Waals surface area contributed by atoms with E-state index >= 15 is 0 Å². The second-order valence-electron chi connectivity index (χ2n) is 17.9. The molecule has 1 fully saturated rings. The predicted octanol–water partition coefficient (Wildman–Crippen LogP) is 9.79. The first kappa shape index (κ1) is 43.9. The van der Waals surface area contributed by atoms with E-state index in [9.17, 15) is 14.7 Å². The summed E-state index contributed by atoms with van der Waals surface area (Å²) in [5.41, 5.74) is 7.08. The Hall–Kier alpha value is -5.68. The molecule has 1 saturated carbocycles. The van der Waals surface area contributed by atoms with Gasteiger partial charge in [-0.25, -0.2) is 14.8 Å². The van der Waals surface area contributed by atoms with Gasteiger partial charge in [-0.1, -0.05) is 61.8 Å². The van der Waals surface area contributed by atoms with Gasteiger partial charge < -0.3 is 30.0 Å². The minimum atomic E-state index is -1.11. The van der Waals surface area contributed by atoms with E-state index in [1.165, 1.54) is 29.5 Å². The normalized spacial score (nSPS) is 21.8. The van der Waals surface area contributed by atoms with Crippen LogP contribution in [-0.2, 0) is 34.3 Å². The van der Waals surface area contributed by atoms with Crippen molar-refractivity contribution < 1.29 is 28.9 Å². The molecular weight excluding hydrogens is 814 g/mol. The zero-order valence-electron chi connectivity index (χ0n) is 36.5. The van der Waals surface area contributed by atoms with Crippen LogP contribution in [0.5, 0.6) is 17.5 Å². The van der Waals surface area contributed by atoms with Gasteiger partial charge in [0.05, 0.1) is 26.7 Å². The highest BCUT2D eigenvalue weighted by atomic mass is 35.5. The number of pyridine rings is 1. The summed E-state index contributed by atoms with van der Waals surface area (Å²) >= 11 is 6.32. The van der Waals surface area contributed by atoms with Crippen LogP contribution in [0.4, 0.5) is 5.69 Å². The highest BCUT2D eigenvalue weighted by Gasteiger charge is 2.54. The zero-order valence-corrected chi connectivity index (χ0v) is 37.3. The lowest BCUT2D eigenvalue weighted by Gasteiger charge is -2.47. The van der Waals surface area contributed by atoms with E-state index in [0.717, 1.165) is 73.1 Å². The third-order valence-electron chi connectivity index (χ3n) is 13.6. The van der Waals surface area contributed by atoms with Crippen LogP contribution in [0.15, 0.2) is 91.4 Å². The number of amides is 1. The number of nitrogens with one attached hydrogen (secondary N) is 2. The number of aliphatic carboxylic acids is 1. The molecule has 0 aliphatic heterocycles. The van der Waals surface area contributed by atoms with Crippen molar-refractivity contribution in [3.05, 3.63) is 124 Å². The molecule has 63 heavy (non-hydrogen) atoms. The SMILES string of the molecule is COc1ncc(-c2cccc(CC(=O)NCCCOc3ccc4c(c3)C3(CCC(Nc5cccc(Cl)c5)(C(=O)O)CC3)[C@@H](C[C@@H](C)COc3ccnc5c3[C@H](C)CCC5)C4)c2)cn1. The van der Waals surface area contributed by atoms with E-state index in [4.69, 9.17) is 25.8 Å². The lowest BCUT2D eigenvalue weighted by molar-refractivity contribution is -0.144. The third kappa shape index (κ3) is 9.94. The number of aromatic nitrogens is 3. The molecule has 1 spiro atoms. The number of hydrogen-bond donors (Lipinski definition) is 3. The highest BCUT2D eigenvalue weighted by Crippen LogP contribution is 2.57. The standard InChI is InChI=1S/C51H58ClN5O6/c1-33(32-63-45-16-22-53-44-13-4-8-34(2)47(44)45)24-39-27-37-14-15-42(29-43(37)50(39)17-19-51(20-18-50,48(59)60)57-41-12-6-11-40(52)28-41)62-23-7-21-54-46(58)26-35-9-5-10-36(25-35)38-30-55-49(61-3)56-31-38/h5-6,9-12,14-16,22,25,28-31,33-34,39,57H,4,7-8,13,17-21,23-24,26-27,32H2,1-3H3,(H,54,58)(H,59,60)/t33-,34-,39+,50?,51?/m1/s1. The molecule has 5 aromatic rings. The number of benzene rings is 3. The number of carboxylic acid groups (broad SMARTS) is 1. The number of nitrogens with zero attached hydrogens (tertiary/aromatic N) is 3. The molecule has 2 heterocycles. The van der Waals surface area contributed by atoms with Crippen LogP contribution in [0.1, 0.15) is 99.1 Å². The van der Waals surface area contributed by atoms with E-state index in [2.05, 4.69) is 57.6 Å². The molecule has 0 saturated heterocycles. The highest BCUT2D eigenvalue weighted by molar-refractivity contribution is 6.30. The fourth-order valence-corrected chi connectivity index (χ4v) is 10.5. The Morgan fingerprint density at radius 3 is 2.54 bits per heavy atom. The summed E-state index contributed by atoms with van der Waals surface area (Å²) in [5, 5.41) is 17.7. The summed E-state index contributed by atoms with van der Waals surface area (Å²) in [4.78, 5) is 39.1. The van der Waals surface area contributed by atoms with Gasteiger partial charge in [-0.15, -0.1) is 0 Å². The van der Waals surface area contributed by atoms with E-state index in [1.807, 2.05) is 48.7 Å². The van der Waals surface area contributed by atoms with Crippen LogP contribution in [0.25, 0.3) is 11.1 Å². The Labute approximate surface area is 375 Å². The number of fused-ring (bicyclic) bond motifs is 3. The molecule has 0 radical (unpaired) electrons. The Kier molecular flexibility index (Phi) is 13.5. The van der Waals surface area contributed by atoms with Crippen LogP contribution < -0.4 is 24.8 Å². The molecule has 330 valence electrons. The first-order valence-corrected chi connectivity index (χ1v) is 22.8. The van der Waals surface area contributed by atoms with E-state index in [1.54, 1.807) is 24.5 Å². The molecule has 0 bridgehead atoms. The summed E-state index contributed by atoms with van der Waals surface area (Å²) in [6.07, 6.45) is 13.8. The first-order chi connectivity index (χ1) is 30.5. The number of methoxy groups -OCH3 is 1. The summed E-state index contributed by atoms with van der Waals surface area (Å²) in [6.45, 7) is 6.09. The van der Waals surface area contributed by atoms with E-state index in [-0.39, 0.29) is 23.7 Å². The lowest BCUT2D eigenvalue weighted by Crippen LogP contribution is -2.53. The minimum absolute atomic E-state index is 0.0578. The average molecular weight is 873 g/mol. The Morgan fingerprint density at radius 1 is 0.952 bits per heavy atom. The van der Waals surface area contributed by atoms with E-state index in [0.29, 0.717) is 67.6 Å². The van der Waals surface area contributed by atoms with Gasteiger partial charge in [0.2, 0.25) is 5.91 Å². The molecule has 0 unspecified atom stereocenters. The van der Waals surface area contributed by atoms with Crippen molar-refractivity contribution in [1.29, 1.82) is 0 Å².